The van der Waals surface area contributed by atoms with Crippen LogP contribution >= 0.6 is 11.3 Å². The van der Waals surface area contributed by atoms with E-state index in [1.807, 2.05) is 11.3 Å². The van der Waals surface area contributed by atoms with Crippen LogP contribution in [0, 0.1) is 23.2 Å². The second-order valence-electron chi connectivity index (χ2n) is 12.7. The van der Waals surface area contributed by atoms with Gasteiger partial charge in [-0.3, -0.25) is 0 Å². The monoisotopic (exact) mass is 522 g/mol. The largest absolute Gasteiger partial charge is 0.393 e. The van der Waals surface area contributed by atoms with E-state index in [4.69, 9.17) is 0 Å². The molecule has 0 amide bonds. The molecule has 7 atom stereocenters. The van der Waals surface area contributed by atoms with Gasteiger partial charge in [0.25, 0.3) is 0 Å². The van der Waals surface area contributed by atoms with Gasteiger partial charge in [-0.2, -0.15) is 0 Å². The van der Waals surface area contributed by atoms with Crippen molar-refractivity contribution in [3.8, 4) is 0 Å². The van der Waals surface area contributed by atoms with E-state index in [1.165, 1.54) is 41.7 Å². The van der Waals surface area contributed by atoms with Gasteiger partial charge in [0.05, 0.1) is 18.3 Å². The molecule has 5 rings (SSSR count). The van der Waals surface area contributed by atoms with E-state index in [0.29, 0.717) is 30.6 Å². The Morgan fingerprint density at radius 2 is 1.95 bits per heavy atom. The Morgan fingerprint density at radius 1 is 1.16 bits per heavy atom. The lowest BCUT2D eigenvalue weighted by atomic mass is 9.61. The van der Waals surface area contributed by atoms with Gasteiger partial charge in [0.1, 0.15) is 0 Å². The predicted molar refractivity (Wildman–Crippen MR) is 154 cm³/mol. The fourth-order valence-electron chi connectivity index (χ4n) is 7.85. The molecule has 4 saturated carbocycles. The third kappa shape index (κ3) is 5.12. The second-order valence-corrected chi connectivity index (χ2v) is 13.6. The van der Waals surface area contributed by atoms with Crippen molar-refractivity contribution in [2.75, 3.05) is 0 Å². The molecule has 3 nitrogen and oxygen atoms in total. The highest BCUT2D eigenvalue weighted by atomic mass is 32.1. The number of aryl methyl sites for hydroxylation is 1. The molecule has 4 aliphatic rings. The molecule has 1 aromatic heterocycles. The minimum Gasteiger partial charge on any atom is -0.393 e. The molecule has 0 unspecified atom stereocenters. The average Bonchev–Trinajstić information content (AvgIpc) is 3.39. The normalized spacial score (nSPS) is 37.3. The minimum absolute atomic E-state index is 0.0467. The molecule has 0 aromatic carbocycles. The summed E-state index contributed by atoms with van der Waals surface area (Å²) < 4.78 is 0. The van der Waals surface area contributed by atoms with Gasteiger partial charge in [-0.25, -0.2) is 0 Å². The maximum Gasteiger partial charge on any atom is 0.0825 e. The third-order valence-corrected chi connectivity index (χ3v) is 11.6. The molecule has 0 radical (unpaired) electrons. The molecule has 37 heavy (non-hydrogen) atoms. The van der Waals surface area contributed by atoms with Crippen molar-refractivity contribution >= 4 is 11.3 Å². The van der Waals surface area contributed by atoms with Gasteiger partial charge in [-0.05, 0) is 109 Å². The van der Waals surface area contributed by atoms with Crippen molar-refractivity contribution in [2.24, 2.45) is 23.2 Å². The zero-order chi connectivity index (χ0) is 26.4. The van der Waals surface area contributed by atoms with Gasteiger partial charge in [0.2, 0.25) is 0 Å². The number of allylic oxidation sites excluding steroid dienone is 4. The van der Waals surface area contributed by atoms with Crippen LogP contribution in [0.3, 0.4) is 0 Å². The third-order valence-electron chi connectivity index (χ3n) is 10.4. The SMILES string of the molecule is C=C1/C(=C\C=C2/CCC[C@]3(C)[C@@H]([C@H](C)/C=C/[C@@H](O)C4(c5cc(CC)cs5)CC4)CC[C@@H]23)C[C@@H](O)C[C@@H]1O. The fraction of sp³-hybridized carbons (Fsp3) is 0.636. The van der Waals surface area contributed by atoms with Gasteiger partial charge in [0.15, 0.2) is 0 Å². The van der Waals surface area contributed by atoms with E-state index < -0.39 is 18.3 Å². The Kier molecular flexibility index (Phi) is 7.77. The summed E-state index contributed by atoms with van der Waals surface area (Å²) in [5.74, 6) is 1.65. The zero-order valence-electron chi connectivity index (χ0n) is 23.0. The molecule has 1 aromatic rings. The number of aliphatic hydroxyl groups excluding tert-OH is 3. The highest BCUT2D eigenvalue weighted by Gasteiger charge is 2.52. The van der Waals surface area contributed by atoms with Gasteiger partial charge in [-0.1, -0.05) is 57.2 Å². The predicted octanol–water partition coefficient (Wildman–Crippen LogP) is 7.04. The summed E-state index contributed by atoms with van der Waals surface area (Å²) in [5, 5.41) is 33.8. The van der Waals surface area contributed by atoms with Crippen LogP contribution in [-0.2, 0) is 11.8 Å². The summed E-state index contributed by atoms with van der Waals surface area (Å²) >= 11 is 1.82. The van der Waals surface area contributed by atoms with E-state index in [-0.39, 0.29) is 10.8 Å². The number of fused-ring (bicyclic) bond motifs is 1. The average molecular weight is 523 g/mol. The number of hydrogen-bond donors (Lipinski definition) is 3. The lowest BCUT2D eigenvalue weighted by Gasteiger charge is -2.44. The van der Waals surface area contributed by atoms with E-state index in [1.54, 1.807) is 0 Å². The van der Waals surface area contributed by atoms with Crippen LogP contribution in [0.4, 0.5) is 0 Å². The molecule has 0 aliphatic heterocycles. The number of thiophene rings is 1. The molecule has 0 spiro atoms. The summed E-state index contributed by atoms with van der Waals surface area (Å²) in [6.45, 7) is 11.1. The molecule has 4 aliphatic carbocycles. The van der Waals surface area contributed by atoms with Crippen LogP contribution in [0.2, 0.25) is 0 Å². The van der Waals surface area contributed by atoms with Gasteiger partial charge >= 0.3 is 0 Å². The first kappa shape index (κ1) is 27.1. The molecule has 0 bridgehead atoms. The van der Waals surface area contributed by atoms with Crippen LogP contribution in [0.5, 0.6) is 0 Å². The van der Waals surface area contributed by atoms with Crippen LogP contribution in [-0.4, -0.2) is 33.6 Å². The van der Waals surface area contributed by atoms with Crippen LogP contribution < -0.4 is 0 Å². The maximum absolute atomic E-state index is 11.2. The topological polar surface area (TPSA) is 60.7 Å². The minimum atomic E-state index is -0.632. The molecule has 4 heteroatoms. The molecule has 4 fully saturated rings. The van der Waals surface area contributed by atoms with Crippen molar-refractivity contribution in [1.29, 1.82) is 0 Å². The first-order valence-corrected chi connectivity index (χ1v) is 15.4. The standard InChI is InChI=1S/C33H46O3S/c1-5-23-17-31(37-20-23)33(15-16-33)30(36)13-8-21(2)27-11-12-28-24(7-6-14-32(27,28)4)9-10-25-18-26(34)19-29(35)22(25)3/h8-10,13,17,20-21,26-30,34-36H,3,5-7,11-12,14-16,18-19H2,1-2,4H3/b13-8+,24-9+,25-10-/t21-,26-,27-,28+,29+,30-,32-/m1/s1. The summed E-state index contributed by atoms with van der Waals surface area (Å²) in [6.07, 6.45) is 17.6. The summed E-state index contributed by atoms with van der Waals surface area (Å²) in [4.78, 5) is 1.36. The van der Waals surface area contributed by atoms with Crippen LogP contribution in [0.25, 0.3) is 0 Å². The lowest BCUT2D eigenvalue weighted by Crippen LogP contribution is -2.35. The van der Waals surface area contributed by atoms with Gasteiger partial charge in [-0.15, -0.1) is 11.3 Å². The van der Waals surface area contributed by atoms with Crippen LogP contribution in [0.1, 0.15) is 89.0 Å². The van der Waals surface area contributed by atoms with E-state index >= 15 is 0 Å². The highest BCUT2D eigenvalue weighted by molar-refractivity contribution is 7.10. The van der Waals surface area contributed by atoms with Crippen LogP contribution in [0.15, 0.2) is 59.0 Å². The number of hydrogen-bond acceptors (Lipinski definition) is 4. The zero-order valence-corrected chi connectivity index (χ0v) is 23.8. The Hall–Kier alpha value is -1.46. The smallest absolute Gasteiger partial charge is 0.0825 e. The fourth-order valence-corrected chi connectivity index (χ4v) is 9.14. The molecular weight excluding hydrogens is 476 g/mol. The Morgan fingerprint density at radius 3 is 2.65 bits per heavy atom. The first-order chi connectivity index (χ1) is 17.7. The second kappa shape index (κ2) is 10.6. The van der Waals surface area contributed by atoms with Crippen molar-refractivity contribution in [2.45, 2.75) is 109 Å². The molecule has 3 N–H and O–H groups in total. The Labute approximate surface area is 227 Å². The van der Waals surface area contributed by atoms with E-state index in [9.17, 15) is 15.3 Å². The molecule has 202 valence electrons. The molecular formula is C33H46O3S. The van der Waals surface area contributed by atoms with Gasteiger partial charge < -0.3 is 15.3 Å². The van der Waals surface area contributed by atoms with Crippen molar-refractivity contribution < 1.29 is 15.3 Å². The van der Waals surface area contributed by atoms with E-state index in [2.05, 4.69) is 63.1 Å². The maximum atomic E-state index is 11.2. The summed E-state index contributed by atoms with van der Waals surface area (Å²) in [7, 11) is 0. The number of rotatable bonds is 7. The Balaban J connectivity index is 1.28. The van der Waals surface area contributed by atoms with E-state index in [0.717, 1.165) is 36.8 Å². The highest BCUT2D eigenvalue weighted by Crippen LogP contribution is 2.60. The molecule has 1 heterocycles. The van der Waals surface area contributed by atoms with Crippen molar-refractivity contribution in [1.82, 2.24) is 0 Å². The lowest BCUT2D eigenvalue weighted by molar-refractivity contribution is 0.0862. The summed E-state index contributed by atoms with van der Waals surface area (Å²) in [5.41, 5.74) is 4.91. The summed E-state index contributed by atoms with van der Waals surface area (Å²) in [6, 6.07) is 2.32. The van der Waals surface area contributed by atoms with Crippen molar-refractivity contribution in [3.05, 3.63) is 69.5 Å². The quantitative estimate of drug-likeness (QED) is 0.337. The number of aliphatic hydroxyl groups is 3. The van der Waals surface area contributed by atoms with Crippen molar-refractivity contribution in [3.63, 3.8) is 0 Å². The molecule has 0 saturated heterocycles. The Bertz CT molecular complexity index is 1090. The first-order valence-electron chi connectivity index (χ1n) is 14.6. The van der Waals surface area contributed by atoms with Gasteiger partial charge in [0, 0.05) is 16.7 Å².